The summed E-state index contributed by atoms with van der Waals surface area (Å²) in [4.78, 5) is 17.4. The Bertz CT molecular complexity index is 983. The third-order valence-electron chi connectivity index (χ3n) is 6.56. The number of carbonyl (C=O) groups is 1. The molecule has 2 aliphatic heterocycles. The summed E-state index contributed by atoms with van der Waals surface area (Å²) in [7, 11) is 0. The second-order valence-electron chi connectivity index (χ2n) is 10.2. The maximum Gasteiger partial charge on any atom is 0.165 e. The number of aliphatic imine (C=N–C) groups is 1. The molecule has 0 aromatic carbocycles. The van der Waals surface area contributed by atoms with Crippen LogP contribution in [0.2, 0.25) is 0 Å². The molecule has 0 aromatic heterocycles. The van der Waals surface area contributed by atoms with E-state index in [1.807, 2.05) is 20.8 Å². The average Bonchev–Trinajstić information content (AvgIpc) is 2.88. The van der Waals surface area contributed by atoms with E-state index in [4.69, 9.17) is 17.3 Å². The molecular formula is C29H47ClFN5O2. The number of hydrogen-bond donors (Lipinski definition) is 5. The van der Waals surface area contributed by atoms with Crippen LogP contribution < -0.4 is 21.7 Å². The van der Waals surface area contributed by atoms with Gasteiger partial charge in [-0.2, -0.15) is 0 Å². The number of carbonyl (C=O) groups excluding carboxylic acids is 1. The second kappa shape index (κ2) is 15.6. The van der Waals surface area contributed by atoms with Gasteiger partial charge in [-0.05, 0) is 49.8 Å². The summed E-state index contributed by atoms with van der Waals surface area (Å²) < 4.78 is 15.4. The Labute approximate surface area is 233 Å². The minimum atomic E-state index is -1.54. The van der Waals surface area contributed by atoms with Crippen molar-refractivity contribution in [2.75, 3.05) is 6.54 Å². The van der Waals surface area contributed by atoms with E-state index in [0.29, 0.717) is 35.2 Å². The topological polar surface area (TPSA) is 112 Å². The highest BCUT2D eigenvalue weighted by Crippen LogP contribution is 2.26. The predicted octanol–water partition coefficient (Wildman–Crippen LogP) is 5.88. The summed E-state index contributed by atoms with van der Waals surface area (Å²) in [6, 6.07) is -1.16. The lowest BCUT2D eigenvalue weighted by Crippen LogP contribution is -2.43. The predicted molar refractivity (Wildman–Crippen MR) is 157 cm³/mol. The first-order valence-electron chi connectivity index (χ1n) is 13.6. The normalized spacial score (nSPS) is 26.9. The molecule has 0 saturated carbocycles. The summed E-state index contributed by atoms with van der Waals surface area (Å²) in [6.45, 7) is 18.4. The van der Waals surface area contributed by atoms with Crippen molar-refractivity contribution in [3.63, 3.8) is 0 Å². The van der Waals surface area contributed by atoms with Crippen molar-refractivity contribution in [1.29, 1.82) is 0 Å². The Kier molecular flexibility index (Phi) is 13.7. The summed E-state index contributed by atoms with van der Waals surface area (Å²) in [5, 5.41) is 19.8. The lowest BCUT2D eigenvalue weighted by Gasteiger charge is -2.29. The quantitative estimate of drug-likeness (QED) is 0.162. The van der Waals surface area contributed by atoms with Gasteiger partial charge in [0.05, 0.1) is 12.0 Å². The second-order valence-corrected chi connectivity index (χ2v) is 10.6. The number of allylic oxidation sites excluding steroid dienone is 4. The Morgan fingerprint density at radius 2 is 1.97 bits per heavy atom. The maximum absolute atomic E-state index is 15.4. The number of aliphatic hydroxyl groups excluding tert-OH is 1. The zero-order valence-electron chi connectivity index (χ0n) is 24.0. The van der Waals surface area contributed by atoms with Crippen molar-refractivity contribution in [3.8, 4) is 0 Å². The van der Waals surface area contributed by atoms with Crippen molar-refractivity contribution in [2.24, 2.45) is 22.1 Å². The fraction of sp³-hybridized carbons (Fsp3) is 0.586. The third-order valence-corrected chi connectivity index (χ3v) is 6.80. The van der Waals surface area contributed by atoms with Gasteiger partial charge < -0.3 is 26.8 Å². The van der Waals surface area contributed by atoms with Gasteiger partial charge in [-0.3, -0.25) is 4.79 Å². The lowest BCUT2D eigenvalue weighted by atomic mass is 9.85. The number of aliphatic hydroxyl groups is 1. The van der Waals surface area contributed by atoms with Gasteiger partial charge in [-0.25, -0.2) is 9.38 Å². The molecule has 0 radical (unpaired) electrons. The summed E-state index contributed by atoms with van der Waals surface area (Å²) in [5.41, 5.74) is 7.52. The fourth-order valence-electron chi connectivity index (χ4n) is 4.46. The van der Waals surface area contributed by atoms with Crippen molar-refractivity contribution < 1.29 is 14.3 Å². The molecule has 0 fully saturated rings. The van der Waals surface area contributed by atoms with Crippen molar-refractivity contribution in [3.05, 3.63) is 58.9 Å². The van der Waals surface area contributed by atoms with Crippen LogP contribution in [0.25, 0.3) is 0 Å². The molecule has 0 amide bonds. The van der Waals surface area contributed by atoms with Crippen LogP contribution in [-0.2, 0) is 4.79 Å². The number of halogens is 2. The van der Waals surface area contributed by atoms with Crippen molar-refractivity contribution in [1.82, 2.24) is 16.0 Å². The molecule has 0 aliphatic carbocycles. The van der Waals surface area contributed by atoms with Crippen LogP contribution >= 0.6 is 11.6 Å². The number of alkyl halides is 1. The van der Waals surface area contributed by atoms with Crippen LogP contribution in [0.4, 0.5) is 4.39 Å². The van der Waals surface area contributed by atoms with E-state index < -0.39 is 24.2 Å². The number of nitrogens with two attached hydrogens (primary N) is 1. The third kappa shape index (κ3) is 9.86. The van der Waals surface area contributed by atoms with E-state index in [-0.39, 0.29) is 22.8 Å². The highest BCUT2D eigenvalue weighted by atomic mass is 35.5. The van der Waals surface area contributed by atoms with E-state index in [1.54, 1.807) is 19.1 Å². The molecule has 2 aliphatic rings. The van der Waals surface area contributed by atoms with Gasteiger partial charge in [0.1, 0.15) is 34.8 Å². The molecule has 0 spiro atoms. The SMILES string of the molecule is C=C(O)C1NC(Cl)=CC=C1NC(C)C1=C\C(F)C(CC)C(=O)\C=C(NCCC(C)(C)CCC)/N=C/1N.CC. The van der Waals surface area contributed by atoms with Crippen molar-refractivity contribution in [2.45, 2.75) is 92.4 Å². The number of ketones is 1. The van der Waals surface area contributed by atoms with E-state index in [1.165, 1.54) is 12.2 Å². The van der Waals surface area contributed by atoms with Gasteiger partial charge in [-0.15, -0.1) is 0 Å². The molecule has 0 bridgehead atoms. The Hall–Kier alpha value is -2.74. The minimum absolute atomic E-state index is 0.103. The molecule has 2 heterocycles. The van der Waals surface area contributed by atoms with Crippen LogP contribution in [0, 0.1) is 11.3 Å². The molecule has 4 atom stereocenters. The monoisotopic (exact) mass is 551 g/mol. The molecule has 38 heavy (non-hydrogen) atoms. The van der Waals surface area contributed by atoms with Crippen molar-refractivity contribution >= 4 is 23.2 Å². The maximum atomic E-state index is 15.4. The number of rotatable bonds is 11. The number of nitrogens with one attached hydrogen (secondary N) is 3. The lowest BCUT2D eigenvalue weighted by molar-refractivity contribution is -0.119. The number of dihydropyridines is 1. The highest BCUT2D eigenvalue weighted by Gasteiger charge is 2.29. The first-order valence-corrected chi connectivity index (χ1v) is 13.9. The number of amidine groups is 1. The van der Waals surface area contributed by atoms with Crippen LogP contribution in [0.15, 0.2) is 63.9 Å². The molecule has 9 heteroatoms. The Morgan fingerprint density at radius 1 is 1.32 bits per heavy atom. The average molecular weight is 552 g/mol. The smallest absolute Gasteiger partial charge is 0.165 e. The fourth-order valence-corrected chi connectivity index (χ4v) is 4.63. The van der Waals surface area contributed by atoms with Gasteiger partial charge in [-0.1, -0.05) is 66.1 Å². The Balaban J connectivity index is 0.00000352. The van der Waals surface area contributed by atoms with Gasteiger partial charge in [0.15, 0.2) is 5.78 Å². The largest absolute Gasteiger partial charge is 0.510 e. The zero-order valence-corrected chi connectivity index (χ0v) is 24.8. The first kappa shape index (κ1) is 33.3. The summed E-state index contributed by atoms with van der Waals surface area (Å²) in [6.07, 6.45) is 7.94. The van der Waals surface area contributed by atoms with E-state index >= 15 is 4.39 Å². The molecule has 2 rings (SSSR count). The van der Waals surface area contributed by atoms with Gasteiger partial charge in [0.2, 0.25) is 0 Å². The van der Waals surface area contributed by atoms with Crippen LogP contribution in [-0.4, -0.2) is 41.5 Å². The molecule has 6 N–H and O–H groups in total. The number of hydrogen-bond acceptors (Lipinski definition) is 7. The zero-order chi connectivity index (χ0) is 29.0. The molecule has 214 valence electrons. The minimum Gasteiger partial charge on any atom is -0.510 e. The highest BCUT2D eigenvalue weighted by molar-refractivity contribution is 6.29. The van der Waals surface area contributed by atoms with Gasteiger partial charge in [0.25, 0.3) is 0 Å². The van der Waals surface area contributed by atoms with Crippen LogP contribution in [0.5, 0.6) is 0 Å². The standard InChI is InChI=1S/C27H41ClFN5O2.C2H6/c1-7-11-27(5,6)12-13-31-24-15-22(36)18(8-2)20(29)14-19(26(30)34-24)16(3)32-21-9-10-23(28)33-25(21)17(4)35;1-2/h9-10,14-16,18,20,25,31-33,35H,4,7-8,11-13H2,1-3,5-6H3,(H2,30,34);1-2H3/b19-14-,24-15-;. The van der Waals surface area contributed by atoms with E-state index in [9.17, 15) is 9.90 Å². The van der Waals surface area contributed by atoms with E-state index in [2.05, 4.69) is 48.3 Å². The molecule has 0 saturated heterocycles. The van der Waals surface area contributed by atoms with Gasteiger partial charge >= 0.3 is 0 Å². The molecule has 4 unspecified atom stereocenters. The first-order chi connectivity index (χ1) is 17.9. The molecular weight excluding hydrogens is 505 g/mol. The molecule has 7 nitrogen and oxygen atoms in total. The van der Waals surface area contributed by atoms with E-state index in [0.717, 1.165) is 19.3 Å². The van der Waals surface area contributed by atoms with Gasteiger partial charge in [0, 0.05) is 23.9 Å². The summed E-state index contributed by atoms with van der Waals surface area (Å²) >= 11 is 6.04. The molecule has 0 aromatic rings. The summed E-state index contributed by atoms with van der Waals surface area (Å²) in [5.74, 6) is -0.872. The number of nitrogens with zero attached hydrogens (tertiary/aromatic N) is 1. The Morgan fingerprint density at radius 3 is 2.55 bits per heavy atom. The van der Waals surface area contributed by atoms with Crippen LogP contribution in [0.1, 0.15) is 74.1 Å². The van der Waals surface area contributed by atoms with Crippen LogP contribution in [0.3, 0.4) is 0 Å².